The first-order valence-electron chi connectivity index (χ1n) is 11.5. The fourth-order valence-electron chi connectivity index (χ4n) is 7.43. The molecular weight excluding hydrogens is 320 g/mol. The number of allylic oxidation sites excluding steroid dienone is 2. The minimum Gasteiger partial charge on any atom is -0.481 e. The Labute approximate surface area is 160 Å². The quantitative estimate of drug-likeness (QED) is 0.559. The molecule has 0 aromatic rings. The van der Waals surface area contributed by atoms with Gasteiger partial charge in [0.1, 0.15) is 0 Å². The summed E-state index contributed by atoms with van der Waals surface area (Å²) in [6, 6.07) is 0. The summed E-state index contributed by atoms with van der Waals surface area (Å²) in [7, 11) is 0. The molecule has 4 aliphatic carbocycles. The van der Waals surface area contributed by atoms with Gasteiger partial charge in [-0.15, -0.1) is 0 Å². The van der Waals surface area contributed by atoms with Crippen LogP contribution in [0.5, 0.6) is 0 Å². The molecule has 0 heterocycles. The second-order valence-electron chi connectivity index (χ2n) is 9.39. The summed E-state index contributed by atoms with van der Waals surface area (Å²) in [4.78, 5) is 10.8. The van der Waals surface area contributed by atoms with Crippen molar-refractivity contribution in [3.05, 3.63) is 11.6 Å². The first kappa shape index (κ1) is 20.0. The Morgan fingerprint density at radius 1 is 1.08 bits per heavy atom. The van der Waals surface area contributed by atoms with Gasteiger partial charge in [0.2, 0.25) is 0 Å². The maximum atomic E-state index is 10.8. The Kier molecular flexibility index (Phi) is 6.51. The number of carbonyl (C=O) groups is 1. The lowest BCUT2D eigenvalue weighted by atomic mass is 9.47. The van der Waals surface area contributed by atoms with E-state index in [4.69, 9.17) is 5.11 Å². The smallest absolute Gasteiger partial charge is 0.303 e. The van der Waals surface area contributed by atoms with Crippen molar-refractivity contribution >= 4 is 5.97 Å². The number of carboxylic acids is 1. The van der Waals surface area contributed by atoms with E-state index >= 15 is 0 Å². The Bertz CT molecular complexity index is 522. The summed E-state index contributed by atoms with van der Waals surface area (Å²) >= 11 is 0. The van der Waals surface area contributed by atoms with Crippen molar-refractivity contribution in [3.8, 4) is 0 Å². The number of fused-ring (bicyclic) bond motifs is 5. The van der Waals surface area contributed by atoms with Crippen LogP contribution >= 0.6 is 0 Å². The average molecular weight is 361 g/mol. The molecule has 26 heavy (non-hydrogen) atoms. The Morgan fingerprint density at radius 2 is 1.88 bits per heavy atom. The van der Waals surface area contributed by atoms with Crippen molar-refractivity contribution in [2.75, 3.05) is 0 Å². The predicted octanol–water partition coefficient (Wildman–Crippen LogP) is 6.85. The molecule has 0 aromatic heterocycles. The molecule has 2 heteroatoms. The van der Waals surface area contributed by atoms with Crippen molar-refractivity contribution in [1.82, 2.24) is 0 Å². The molecule has 0 amide bonds. The van der Waals surface area contributed by atoms with E-state index in [0.29, 0.717) is 11.8 Å². The lowest BCUT2D eigenvalue weighted by molar-refractivity contribution is -0.136. The van der Waals surface area contributed by atoms with Gasteiger partial charge in [-0.05, 0) is 92.8 Å². The molecule has 6 atom stereocenters. The lowest BCUT2D eigenvalue weighted by Crippen LogP contribution is -2.49. The molecule has 4 aliphatic rings. The minimum atomic E-state index is -0.659. The van der Waals surface area contributed by atoms with E-state index in [1.807, 2.05) is 13.8 Å². The maximum Gasteiger partial charge on any atom is 0.303 e. The van der Waals surface area contributed by atoms with Crippen molar-refractivity contribution in [2.45, 2.75) is 97.8 Å². The van der Waals surface area contributed by atoms with E-state index in [-0.39, 0.29) is 0 Å². The van der Waals surface area contributed by atoms with Crippen LogP contribution in [0, 0.1) is 35.0 Å². The van der Waals surface area contributed by atoms with Gasteiger partial charge in [0.15, 0.2) is 0 Å². The lowest BCUT2D eigenvalue weighted by Gasteiger charge is -2.58. The molecule has 4 rings (SSSR count). The molecule has 0 bridgehead atoms. The molecule has 6 unspecified atom stereocenters. The van der Waals surface area contributed by atoms with Crippen LogP contribution in [0.2, 0.25) is 0 Å². The zero-order valence-electron chi connectivity index (χ0n) is 17.3. The number of aliphatic carboxylic acids is 1. The fraction of sp³-hybridized carbons (Fsp3) is 0.875. The van der Waals surface area contributed by atoms with Gasteiger partial charge in [0.05, 0.1) is 0 Å². The topological polar surface area (TPSA) is 37.3 Å². The maximum absolute atomic E-state index is 10.8. The molecule has 4 saturated carbocycles. The molecule has 0 aliphatic heterocycles. The van der Waals surface area contributed by atoms with Crippen LogP contribution in [0.15, 0.2) is 11.6 Å². The fourth-order valence-corrected chi connectivity index (χ4v) is 7.43. The third-order valence-electron chi connectivity index (χ3n) is 8.53. The highest BCUT2D eigenvalue weighted by Gasteiger charge is 2.54. The first-order chi connectivity index (χ1) is 12.6. The van der Waals surface area contributed by atoms with Crippen molar-refractivity contribution in [2.24, 2.45) is 35.0 Å². The average Bonchev–Trinajstić information content (AvgIpc) is 3.06. The second kappa shape index (κ2) is 8.48. The van der Waals surface area contributed by atoms with Gasteiger partial charge in [-0.2, -0.15) is 0 Å². The Balaban J connectivity index is 0.000000948. The van der Waals surface area contributed by atoms with Crippen molar-refractivity contribution in [1.29, 1.82) is 0 Å². The minimum absolute atomic E-state index is 0.298. The summed E-state index contributed by atoms with van der Waals surface area (Å²) in [6.45, 7) is 6.65. The summed E-state index contributed by atoms with van der Waals surface area (Å²) in [5.41, 5.74) is 2.26. The summed E-state index contributed by atoms with van der Waals surface area (Å²) in [6.07, 6.45) is 17.7. The highest BCUT2D eigenvalue weighted by Crippen LogP contribution is 2.63. The third kappa shape index (κ3) is 3.62. The molecule has 1 N–H and O–H groups in total. The number of rotatable bonds is 3. The zero-order valence-corrected chi connectivity index (χ0v) is 17.3. The monoisotopic (exact) mass is 360 g/mol. The molecule has 0 spiro atoms. The Hall–Kier alpha value is -0.790. The molecule has 2 nitrogen and oxygen atoms in total. The first-order valence-corrected chi connectivity index (χ1v) is 11.5. The van der Waals surface area contributed by atoms with Crippen LogP contribution in [-0.2, 0) is 4.79 Å². The number of hydrogen-bond acceptors (Lipinski definition) is 1. The van der Waals surface area contributed by atoms with Crippen LogP contribution in [0.3, 0.4) is 0 Å². The van der Waals surface area contributed by atoms with Crippen LogP contribution < -0.4 is 0 Å². The van der Waals surface area contributed by atoms with Crippen molar-refractivity contribution < 1.29 is 9.90 Å². The van der Waals surface area contributed by atoms with Crippen molar-refractivity contribution in [3.63, 3.8) is 0 Å². The largest absolute Gasteiger partial charge is 0.481 e. The van der Waals surface area contributed by atoms with Gasteiger partial charge in [0, 0.05) is 6.42 Å². The van der Waals surface area contributed by atoms with Gasteiger partial charge >= 0.3 is 5.97 Å². The number of carboxylic acid groups (broad SMARTS) is 1. The van der Waals surface area contributed by atoms with Gasteiger partial charge in [-0.1, -0.05) is 45.3 Å². The van der Waals surface area contributed by atoms with E-state index < -0.39 is 5.97 Å². The summed E-state index contributed by atoms with van der Waals surface area (Å²) in [5, 5.41) is 8.88. The van der Waals surface area contributed by atoms with Gasteiger partial charge in [-0.3, -0.25) is 4.79 Å². The molecule has 4 fully saturated rings. The van der Waals surface area contributed by atoms with E-state index in [2.05, 4.69) is 13.0 Å². The highest BCUT2D eigenvalue weighted by atomic mass is 16.4. The van der Waals surface area contributed by atoms with E-state index in [1.165, 1.54) is 64.2 Å². The standard InChI is InChI=1S/C22H34O2.C2H6/c1-22-14-3-2-6-16(22)9-11-19-18-10-8-15(5-4-7-21(23)24)17(18)12-13-20(19)22;1-2/h5,16-20H,2-4,6-14H2,1H3,(H,23,24);1-2H3/b15-5+;. The van der Waals surface area contributed by atoms with Crippen LogP contribution in [0.25, 0.3) is 0 Å². The molecular formula is C24H40O2. The highest BCUT2D eigenvalue weighted by molar-refractivity contribution is 5.66. The Morgan fingerprint density at radius 3 is 2.65 bits per heavy atom. The van der Waals surface area contributed by atoms with Crippen LogP contribution in [-0.4, -0.2) is 11.1 Å². The predicted molar refractivity (Wildman–Crippen MR) is 108 cm³/mol. The molecule has 0 aromatic carbocycles. The van der Waals surface area contributed by atoms with Gasteiger partial charge < -0.3 is 5.11 Å². The van der Waals surface area contributed by atoms with Crippen LogP contribution in [0.4, 0.5) is 0 Å². The van der Waals surface area contributed by atoms with E-state index in [9.17, 15) is 4.79 Å². The van der Waals surface area contributed by atoms with Gasteiger partial charge in [0.25, 0.3) is 0 Å². The zero-order chi connectivity index (χ0) is 18.7. The molecule has 148 valence electrons. The summed E-state index contributed by atoms with van der Waals surface area (Å²) in [5.74, 6) is 4.01. The normalized spacial score (nSPS) is 42.9. The molecule has 0 radical (unpaired) electrons. The molecule has 0 saturated heterocycles. The number of hydrogen-bond donors (Lipinski definition) is 1. The SMILES string of the molecule is CC.CC12CCCCC1CCC1C3CC/C(=C\CCC(=O)O)C3CCC12. The van der Waals surface area contributed by atoms with E-state index in [1.54, 1.807) is 5.57 Å². The van der Waals surface area contributed by atoms with Gasteiger partial charge in [-0.25, -0.2) is 0 Å². The van der Waals surface area contributed by atoms with Crippen LogP contribution in [0.1, 0.15) is 97.8 Å². The summed E-state index contributed by atoms with van der Waals surface area (Å²) < 4.78 is 0. The van der Waals surface area contributed by atoms with E-state index in [0.717, 1.165) is 36.0 Å². The third-order valence-corrected chi connectivity index (χ3v) is 8.53. The second-order valence-corrected chi connectivity index (χ2v) is 9.39.